The molecule has 0 aromatic carbocycles. The number of hydrogen-bond donors (Lipinski definition) is 1. The summed E-state index contributed by atoms with van der Waals surface area (Å²) in [6.07, 6.45) is 3.52. The van der Waals surface area contributed by atoms with E-state index in [0.29, 0.717) is 5.92 Å². The third-order valence-corrected chi connectivity index (χ3v) is 4.31. The van der Waals surface area contributed by atoms with E-state index in [0.717, 1.165) is 45.2 Å². The fourth-order valence-corrected chi connectivity index (χ4v) is 3.22. The van der Waals surface area contributed by atoms with Crippen LogP contribution in [0.2, 0.25) is 0 Å². The van der Waals surface area contributed by atoms with Gasteiger partial charge in [-0.3, -0.25) is 0 Å². The van der Waals surface area contributed by atoms with Crippen molar-refractivity contribution in [2.75, 3.05) is 19.8 Å². The van der Waals surface area contributed by atoms with Crippen LogP contribution in [0, 0.1) is 5.92 Å². The van der Waals surface area contributed by atoms with Crippen LogP contribution in [0.15, 0.2) is 0 Å². The van der Waals surface area contributed by atoms with Crippen molar-refractivity contribution in [1.29, 1.82) is 0 Å². The largest absolute Gasteiger partial charge is 0.381 e. The Hall–Kier alpha value is -0.870. The maximum atomic E-state index is 5.47. The summed E-state index contributed by atoms with van der Waals surface area (Å²) in [5, 5.41) is 3.43. The number of rotatable bonds is 3. The highest BCUT2D eigenvalue weighted by Crippen LogP contribution is 2.25. The molecule has 0 bridgehead atoms. The van der Waals surface area contributed by atoms with Gasteiger partial charge in [0.1, 0.15) is 5.82 Å². The molecule has 3 rings (SSSR count). The lowest BCUT2D eigenvalue weighted by atomic mass is 9.99. The highest BCUT2D eigenvalue weighted by Gasteiger charge is 2.24. The van der Waals surface area contributed by atoms with Crippen molar-refractivity contribution in [3.8, 4) is 0 Å². The highest BCUT2D eigenvalue weighted by atomic mass is 16.5. The van der Waals surface area contributed by atoms with Crippen LogP contribution in [-0.4, -0.2) is 29.3 Å². The third-order valence-electron chi connectivity index (χ3n) is 4.31. The number of nitrogens with one attached hydrogen (secondary N) is 1. The Morgan fingerprint density at radius 3 is 2.89 bits per heavy atom. The molecule has 19 heavy (non-hydrogen) atoms. The lowest BCUT2D eigenvalue weighted by Crippen LogP contribution is -2.27. The van der Waals surface area contributed by atoms with Crippen LogP contribution >= 0.6 is 0 Å². The highest BCUT2D eigenvalue weighted by molar-refractivity contribution is 5.21. The molecule has 2 aliphatic rings. The second-order valence-electron chi connectivity index (χ2n) is 6.11. The van der Waals surface area contributed by atoms with Gasteiger partial charge >= 0.3 is 0 Å². The predicted octanol–water partition coefficient (Wildman–Crippen LogP) is 2.08. The van der Waals surface area contributed by atoms with Crippen molar-refractivity contribution in [2.24, 2.45) is 5.92 Å². The Morgan fingerprint density at radius 1 is 1.37 bits per heavy atom. The van der Waals surface area contributed by atoms with Crippen LogP contribution in [0.25, 0.3) is 0 Å². The summed E-state index contributed by atoms with van der Waals surface area (Å²) < 4.78 is 8.00. The molecule has 1 N–H and O–H groups in total. The summed E-state index contributed by atoms with van der Waals surface area (Å²) in [7, 11) is 0. The molecular formula is C15H25N3O. The van der Waals surface area contributed by atoms with Gasteiger partial charge in [0.15, 0.2) is 0 Å². The molecule has 0 saturated carbocycles. The minimum absolute atomic E-state index is 0.505. The molecule has 0 radical (unpaired) electrons. The van der Waals surface area contributed by atoms with Crippen molar-refractivity contribution in [3.05, 3.63) is 17.2 Å². The van der Waals surface area contributed by atoms with E-state index in [1.807, 2.05) is 0 Å². The summed E-state index contributed by atoms with van der Waals surface area (Å²) in [5.41, 5.74) is 2.76. The monoisotopic (exact) mass is 263 g/mol. The molecule has 0 atom stereocenters. The summed E-state index contributed by atoms with van der Waals surface area (Å²) in [6.45, 7) is 9.53. The Kier molecular flexibility index (Phi) is 3.89. The first-order chi connectivity index (χ1) is 9.25. The van der Waals surface area contributed by atoms with E-state index >= 15 is 0 Å². The predicted molar refractivity (Wildman–Crippen MR) is 75.3 cm³/mol. The normalized spacial score (nSPS) is 20.8. The van der Waals surface area contributed by atoms with Crippen molar-refractivity contribution in [3.63, 3.8) is 0 Å². The molecule has 1 saturated heterocycles. The van der Waals surface area contributed by atoms with Gasteiger partial charge in [0.2, 0.25) is 0 Å². The standard InChI is InChI=1S/C15H25N3O/c1-11(2)15-17-13-9-16-6-3-14(13)18(15)10-12-4-7-19-8-5-12/h11-12,16H,3-10H2,1-2H3. The van der Waals surface area contributed by atoms with Gasteiger partial charge < -0.3 is 14.6 Å². The van der Waals surface area contributed by atoms with Crippen molar-refractivity contribution in [1.82, 2.24) is 14.9 Å². The van der Waals surface area contributed by atoms with Crippen LogP contribution in [0.4, 0.5) is 0 Å². The number of imidazole rings is 1. The van der Waals surface area contributed by atoms with Gasteiger partial charge in [-0.15, -0.1) is 0 Å². The first-order valence-corrected chi connectivity index (χ1v) is 7.62. The van der Waals surface area contributed by atoms with Gasteiger partial charge in [-0.2, -0.15) is 0 Å². The third kappa shape index (κ3) is 2.70. The zero-order valence-corrected chi connectivity index (χ0v) is 12.1. The molecule has 4 heteroatoms. The first kappa shape index (κ1) is 13.1. The van der Waals surface area contributed by atoms with E-state index in [-0.39, 0.29) is 0 Å². The zero-order valence-electron chi connectivity index (χ0n) is 12.1. The smallest absolute Gasteiger partial charge is 0.111 e. The number of nitrogens with zero attached hydrogens (tertiary/aromatic N) is 2. The Labute approximate surface area is 115 Å². The second kappa shape index (κ2) is 5.63. The molecule has 1 aromatic rings. The van der Waals surface area contributed by atoms with Gasteiger partial charge in [-0.25, -0.2) is 4.98 Å². The van der Waals surface area contributed by atoms with E-state index in [1.54, 1.807) is 0 Å². The average molecular weight is 263 g/mol. The van der Waals surface area contributed by atoms with E-state index in [2.05, 4.69) is 23.7 Å². The lowest BCUT2D eigenvalue weighted by Gasteiger charge is -2.25. The first-order valence-electron chi connectivity index (χ1n) is 7.62. The van der Waals surface area contributed by atoms with Crippen LogP contribution in [-0.2, 0) is 24.2 Å². The van der Waals surface area contributed by atoms with Crippen LogP contribution in [0.3, 0.4) is 0 Å². The van der Waals surface area contributed by atoms with Crippen molar-refractivity contribution in [2.45, 2.75) is 52.1 Å². The summed E-state index contributed by atoms with van der Waals surface area (Å²) in [6, 6.07) is 0. The zero-order chi connectivity index (χ0) is 13.2. The average Bonchev–Trinajstić information content (AvgIpc) is 2.79. The number of aromatic nitrogens is 2. The molecule has 0 spiro atoms. The fourth-order valence-electron chi connectivity index (χ4n) is 3.22. The Morgan fingerprint density at radius 2 is 2.16 bits per heavy atom. The lowest BCUT2D eigenvalue weighted by molar-refractivity contribution is 0.0607. The minimum atomic E-state index is 0.505. The van der Waals surface area contributed by atoms with Gasteiger partial charge in [0, 0.05) is 50.9 Å². The molecule has 2 aliphatic heterocycles. The van der Waals surface area contributed by atoms with Crippen molar-refractivity contribution >= 4 is 0 Å². The van der Waals surface area contributed by atoms with E-state index in [9.17, 15) is 0 Å². The van der Waals surface area contributed by atoms with Gasteiger partial charge in [0.25, 0.3) is 0 Å². The molecule has 3 heterocycles. The molecule has 1 fully saturated rings. The van der Waals surface area contributed by atoms with Gasteiger partial charge in [-0.1, -0.05) is 13.8 Å². The van der Waals surface area contributed by atoms with Gasteiger partial charge in [-0.05, 0) is 18.8 Å². The molecule has 0 aliphatic carbocycles. The quantitative estimate of drug-likeness (QED) is 0.907. The van der Waals surface area contributed by atoms with Gasteiger partial charge in [0.05, 0.1) is 5.69 Å². The molecule has 1 aromatic heterocycles. The van der Waals surface area contributed by atoms with Crippen LogP contribution in [0.1, 0.15) is 49.8 Å². The number of hydrogen-bond acceptors (Lipinski definition) is 3. The summed E-state index contributed by atoms with van der Waals surface area (Å²) in [4.78, 5) is 4.88. The minimum Gasteiger partial charge on any atom is -0.381 e. The SMILES string of the molecule is CC(C)c1nc2c(n1CC1CCOCC1)CCNC2. The number of ether oxygens (including phenoxy) is 1. The van der Waals surface area contributed by atoms with E-state index in [1.165, 1.54) is 30.1 Å². The fraction of sp³-hybridized carbons (Fsp3) is 0.800. The van der Waals surface area contributed by atoms with Crippen LogP contribution < -0.4 is 5.32 Å². The Bertz CT molecular complexity index is 433. The molecule has 0 unspecified atom stereocenters. The maximum absolute atomic E-state index is 5.47. The number of fused-ring (bicyclic) bond motifs is 1. The van der Waals surface area contributed by atoms with Crippen molar-refractivity contribution < 1.29 is 4.74 Å². The Balaban J connectivity index is 1.86. The maximum Gasteiger partial charge on any atom is 0.111 e. The van der Waals surface area contributed by atoms with E-state index < -0.39 is 0 Å². The van der Waals surface area contributed by atoms with Crippen LogP contribution in [0.5, 0.6) is 0 Å². The topological polar surface area (TPSA) is 39.1 Å². The summed E-state index contributed by atoms with van der Waals surface area (Å²) in [5.74, 6) is 2.55. The summed E-state index contributed by atoms with van der Waals surface area (Å²) >= 11 is 0. The molecule has 4 nitrogen and oxygen atoms in total. The molecule has 0 amide bonds. The second-order valence-corrected chi connectivity index (χ2v) is 6.11. The molecular weight excluding hydrogens is 238 g/mol. The molecule has 106 valence electrons. The van der Waals surface area contributed by atoms with E-state index in [4.69, 9.17) is 9.72 Å².